The summed E-state index contributed by atoms with van der Waals surface area (Å²) in [7, 11) is 0. The van der Waals surface area contributed by atoms with Gasteiger partial charge in [-0.1, -0.05) is 42.5 Å². The lowest BCUT2D eigenvalue weighted by molar-refractivity contribution is -0.0603. The lowest BCUT2D eigenvalue weighted by atomic mass is 9.98. The first-order valence-electron chi connectivity index (χ1n) is 14.6. The highest BCUT2D eigenvalue weighted by Gasteiger charge is 2.45. The Labute approximate surface area is 241 Å². The molecule has 1 unspecified atom stereocenters. The van der Waals surface area contributed by atoms with Crippen molar-refractivity contribution in [2.45, 2.75) is 57.0 Å². The molecular weight excluding hydrogens is 518 g/mol. The lowest BCUT2D eigenvalue weighted by Gasteiger charge is -2.39. The van der Waals surface area contributed by atoms with E-state index >= 15 is 0 Å². The second-order valence-electron chi connectivity index (χ2n) is 11.2. The first-order chi connectivity index (χ1) is 20.0. The number of urea groups is 1. The van der Waals surface area contributed by atoms with Gasteiger partial charge in [-0.25, -0.2) is 9.59 Å². The van der Waals surface area contributed by atoms with E-state index in [2.05, 4.69) is 46.2 Å². The van der Waals surface area contributed by atoms with Gasteiger partial charge in [0.15, 0.2) is 0 Å². The summed E-state index contributed by atoms with van der Waals surface area (Å²) in [6.07, 6.45) is 4.88. The first kappa shape index (κ1) is 27.3. The molecule has 3 fully saturated rings. The number of benzene rings is 3. The molecule has 0 spiro atoms. The molecule has 0 bridgehead atoms. The number of ether oxygens (including phenoxy) is 2. The molecule has 3 aromatic carbocycles. The van der Waals surface area contributed by atoms with Gasteiger partial charge in [-0.05, 0) is 79.6 Å². The highest BCUT2D eigenvalue weighted by atomic mass is 16.5. The standard InChI is InChI=1S/C33H37N3O5/c37-32(38)26-11-15-29(16-12-26)41-28-13-9-24(10-14-28)22-34-19-17-27(18-20-34)36-30(25-6-2-1-3-7-25)23-35(33(36)39)31-8-4-5-21-40-31/h1-3,6-7,9-16,27,30-31H,4-5,8,17-23H2,(H,37,38)/t30-,31?/m0/s1. The zero-order chi connectivity index (χ0) is 28.2. The quantitative estimate of drug-likeness (QED) is 0.359. The topological polar surface area (TPSA) is 82.6 Å². The Bertz CT molecular complexity index is 1320. The van der Waals surface area contributed by atoms with Gasteiger partial charge in [0, 0.05) is 38.8 Å². The van der Waals surface area contributed by atoms with Gasteiger partial charge < -0.3 is 19.5 Å². The van der Waals surface area contributed by atoms with E-state index < -0.39 is 5.97 Å². The fourth-order valence-electron chi connectivity index (χ4n) is 6.27. The third-order valence-corrected chi connectivity index (χ3v) is 8.48. The number of hydrogen-bond acceptors (Lipinski definition) is 5. The van der Waals surface area contributed by atoms with Gasteiger partial charge in [0.05, 0.1) is 11.6 Å². The summed E-state index contributed by atoms with van der Waals surface area (Å²) in [5.74, 6) is 0.356. The highest BCUT2D eigenvalue weighted by Crippen LogP contribution is 2.37. The normalized spacial score (nSPS) is 22.2. The summed E-state index contributed by atoms with van der Waals surface area (Å²) < 4.78 is 11.9. The van der Waals surface area contributed by atoms with E-state index in [9.17, 15) is 9.59 Å². The number of nitrogens with zero attached hydrogens (tertiary/aromatic N) is 3. The Morgan fingerprint density at radius 3 is 2.20 bits per heavy atom. The minimum Gasteiger partial charge on any atom is -0.478 e. The molecule has 3 aromatic rings. The molecule has 214 valence electrons. The van der Waals surface area contributed by atoms with Crippen molar-refractivity contribution in [3.05, 3.63) is 95.6 Å². The van der Waals surface area contributed by atoms with E-state index in [1.807, 2.05) is 23.1 Å². The van der Waals surface area contributed by atoms with E-state index in [-0.39, 0.29) is 29.9 Å². The summed E-state index contributed by atoms with van der Waals surface area (Å²) in [6, 6.07) is 25.3. The van der Waals surface area contributed by atoms with Gasteiger partial charge in [0.1, 0.15) is 17.7 Å². The number of likely N-dealkylation sites (tertiary alicyclic amines) is 1. The lowest BCUT2D eigenvalue weighted by Crippen LogP contribution is -2.48. The van der Waals surface area contributed by atoms with Gasteiger partial charge in [-0.3, -0.25) is 9.80 Å². The second-order valence-corrected chi connectivity index (χ2v) is 11.2. The fourth-order valence-corrected chi connectivity index (χ4v) is 6.27. The van der Waals surface area contributed by atoms with Crippen LogP contribution in [0.25, 0.3) is 0 Å². The number of carboxylic acids is 1. The summed E-state index contributed by atoms with van der Waals surface area (Å²) in [5, 5.41) is 9.06. The Kier molecular flexibility index (Phi) is 8.21. The molecule has 41 heavy (non-hydrogen) atoms. The fraction of sp³-hybridized carbons (Fsp3) is 0.394. The van der Waals surface area contributed by atoms with Crippen LogP contribution in [-0.2, 0) is 11.3 Å². The molecule has 3 aliphatic rings. The average Bonchev–Trinajstić information content (AvgIpc) is 3.36. The monoisotopic (exact) mass is 555 g/mol. The number of carbonyl (C=O) groups is 2. The van der Waals surface area contributed by atoms with Crippen LogP contribution in [0.15, 0.2) is 78.9 Å². The summed E-state index contributed by atoms with van der Waals surface area (Å²) in [4.78, 5) is 31.4. The van der Waals surface area contributed by atoms with Crippen LogP contribution < -0.4 is 4.74 Å². The van der Waals surface area contributed by atoms with Crippen molar-refractivity contribution < 1.29 is 24.2 Å². The van der Waals surface area contributed by atoms with Gasteiger partial charge in [0.25, 0.3) is 0 Å². The van der Waals surface area contributed by atoms with Crippen LogP contribution in [0, 0.1) is 0 Å². The number of rotatable bonds is 8. The number of carboxylic acid groups (broad SMARTS) is 1. The maximum atomic E-state index is 13.8. The largest absolute Gasteiger partial charge is 0.478 e. The second kappa shape index (κ2) is 12.3. The molecule has 3 saturated heterocycles. The summed E-state index contributed by atoms with van der Waals surface area (Å²) >= 11 is 0. The maximum absolute atomic E-state index is 13.8. The van der Waals surface area contributed by atoms with Crippen molar-refractivity contribution >= 4 is 12.0 Å². The van der Waals surface area contributed by atoms with E-state index in [1.165, 1.54) is 23.3 Å². The van der Waals surface area contributed by atoms with Crippen LogP contribution in [0.4, 0.5) is 4.79 Å². The van der Waals surface area contributed by atoms with Gasteiger partial charge >= 0.3 is 12.0 Å². The predicted octanol–water partition coefficient (Wildman–Crippen LogP) is 6.15. The summed E-state index contributed by atoms with van der Waals surface area (Å²) in [5.41, 5.74) is 2.63. The first-order valence-corrected chi connectivity index (χ1v) is 14.6. The van der Waals surface area contributed by atoms with Crippen molar-refractivity contribution in [2.75, 3.05) is 26.2 Å². The van der Waals surface area contributed by atoms with Crippen molar-refractivity contribution in [3.63, 3.8) is 0 Å². The van der Waals surface area contributed by atoms with Crippen LogP contribution >= 0.6 is 0 Å². The predicted molar refractivity (Wildman–Crippen MR) is 155 cm³/mol. The van der Waals surface area contributed by atoms with Crippen LogP contribution in [-0.4, -0.2) is 70.3 Å². The van der Waals surface area contributed by atoms with Gasteiger partial charge in [-0.15, -0.1) is 0 Å². The van der Waals surface area contributed by atoms with E-state index in [0.29, 0.717) is 18.0 Å². The van der Waals surface area contributed by atoms with Crippen molar-refractivity contribution in [2.24, 2.45) is 0 Å². The SMILES string of the molecule is O=C(O)c1ccc(Oc2ccc(CN3CCC(N4C(=O)N(C5CCCCO5)C[C@H]4c4ccccc4)CC3)cc2)cc1. The molecule has 2 atom stereocenters. The minimum atomic E-state index is -0.955. The van der Waals surface area contributed by atoms with Crippen molar-refractivity contribution in [1.82, 2.24) is 14.7 Å². The number of piperidine rings is 1. The molecule has 3 aliphatic heterocycles. The summed E-state index contributed by atoms with van der Waals surface area (Å²) in [6.45, 7) is 4.13. The number of aromatic carboxylic acids is 1. The van der Waals surface area contributed by atoms with Crippen LogP contribution in [0.1, 0.15) is 59.6 Å². The Balaban J connectivity index is 1.06. The van der Waals surface area contributed by atoms with E-state index in [4.69, 9.17) is 14.6 Å². The highest BCUT2D eigenvalue weighted by molar-refractivity contribution is 5.87. The molecule has 0 radical (unpaired) electrons. The zero-order valence-electron chi connectivity index (χ0n) is 23.2. The molecule has 8 nitrogen and oxygen atoms in total. The van der Waals surface area contributed by atoms with Gasteiger partial charge in [0.2, 0.25) is 0 Å². The Morgan fingerprint density at radius 1 is 0.878 bits per heavy atom. The number of amides is 2. The number of carbonyl (C=O) groups excluding carboxylic acids is 1. The molecule has 0 aliphatic carbocycles. The van der Waals surface area contributed by atoms with Gasteiger partial charge in [-0.2, -0.15) is 0 Å². The minimum absolute atomic E-state index is 0.0543. The third-order valence-electron chi connectivity index (χ3n) is 8.48. The number of hydrogen-bond donors (Lipinski definition) is 1. The molecule has 0 saturated carbocycles. The molecule has 1 N–H and O–H groups in total. The third kappa shape index (κ3) is 6.24. The maximum Gasteiger partial charge on any atom is 0.335 e. The van der Waals surface area contributed by atoms with Crippen LogP contribution in [0.3, 0.4) is 0 Å². The van der Waals surface area contributed by atoms with Crippen molar-refractivity contribution in [1.29, 1.82) is 0 Å². The average molecular weight is 556 g/mol. The Hall–Kier alpha value is -3.88. The van der Waals surface area contributed by atoms with Crippen molar-refractivity contribution in [3.8, 4) is 11.5 Å². The molecule has 2 amide bonds. The van der Waals surface area contributed by atoms with E-state index in [1.54, 1.807) is 12.1 Å². The molecule has 6 rings (SSSR count). The van der Waals surface area contributed by atoms with Crippen LogP contribution in [0.2, 0.25) is 0 Å². The Morgan fingerprint density at radius 2 is 1.56 bits per heavy atom. The molecule has 3 heterocycles. The smallest absolute Gasteiger partial charge is 0.335 e. The molecular formula is C33H37N3O5. The van der Waals surface area contributed by atoms with Crippen LogP contribution in [0.5, 0.6) is 11.5 Å². The molecule has 0 aromatic heterocycles. The molecule has 8 heteroatoms. The van der Waals surface area contributed by atoms with E-state index in [0.717, 1.165) is 58.3 Å². The zero-order valence-corrected chi connectivity index (χ0v) is 23.2.